The lowest BCUT2D eigenvalue weighted by atomic mass is 9.96. The minimum Gasteiger partial charge on any atom is -0.394 e. The van der Waals surface area contributed by atoms with Crippen molar-refractivity contribution in [3.05, 3.63) is 0 Å². The predicted molar refractivity (Wildman–Crippen MR) is 134 cm³/mol. The Bertz CT molecular complexity index is 912. The summed E-state index contributed by atoms with van der Waals surface area (Å²) in [5, 5.41) is 142. The SMILES string of the molecule is OC[C@H]1O[C@H](OC[C@H]2O[C@H](O[C@H]3[C@H](O)[C@@H](O)[C@@H](O[C@H]4[C@H](O)[C@@H](O)[C@@H](O)O[C@@H]4CO)O[C@@H]3CO)[C@H](O)[C@@H](O)[C@@H]2O)[C@H](O)[C@@H](O)[C@@H]1O. The Morgan fingerprint density at radius 2 is 0.778 bits per heavy atom. The van der Waals surface area contributed by atoms with Crippen molar-refractivity contribution in [1.29, 1.82) is 0 Å². The van der Waals surface area contributed by atoms with Crippen LogP contribution in [-0.2, 0) is 33.2 Å². The Kier molecular flexibility index (Phi) is 12.8. The van der Waals surface area contributed by atoms with Crippen molar-refractivity contribution in [2.75, 3.05) is 26.4 Å². The molecule has 264 valence electrons. The summed E-state index contributed by atoms with van der Waals surface area (Å²) in [6, 6.07) is 0. The molecule has 21 heteroatoms. The van der Waals surface area contributed by atoms with Crippen LogP contribution in [0.15, 0.2) is 0 Å². The molecule has 0 aromatic heterocycles. The van der Waals surface area contributed by atoms with Gasteiger partial charge in [-0.05, 0) is 0 Å². The minimum absolute atomic E-state index is 0.683. The summed E-state index contributed by atoms with van der Waals surface area (Å²) in [5.74, 6) is 0. The first kappa shape index (κ1) is 37.0. The van der Waals surface area contributed by atoms with Crippen molar-refractivity contribution >= 4 is 0 Å². The highest BCUT2D eigenvalue weighted by Gasteiger charge is 2.53. The zero-order valence-electron chi connectivity index (χ0n) is 23.5. The molecule has 4 aliphatic heterocycles. The van der Waals surface area contributed by atoms with Crippen LogP contribution in [0.5, 0.6) is 0 Å². The lowest BCUT2D eigenvalue weighted by Gasteiger charge is -2.48. The van der Waals surface area contributed by atoms with Crippen LogP contribution in [0.1, 0.15) is 0 Å². The third-order valence-corrected chi connectivity index (χ3v) is 8.18. The largest absolute Gasteiger partial charge is 0.394 e. The van der Waals surface area contributed by atoms with Crippen LogP contribution < -0.4 is 0 Å². The van der Waals surface area contributed by atoms with Gasteiger partial charge in [-0.2, -0.15) is 0 Å². The lowest BCUT2D eigenvalue weighted by Crippen LogP contribution is -2.66. The lowest BCUT2D eigenvalue weighted by molar-refractivity contribution is -0.380. The van der Waals surface area contributed by atoms with Crippen LogP contribution in [-0.4, -0.2) is 221 Å². The number of rotatable bonds is 10. The van der Waals surface area contributed by atoms with Gasteiger partial charge >= 0.3 is 0 Å². The van der Waals surface area contributed by atoms with E-state index in [0.717, 1.165) is 0 Å². The molecule has 21 nitrogen and oxygen atoms in total. The zero-order valence-corrected chi connectivity index (χ0v) is 23.5. The van der Waals surface area contributed by atoms with Crippen molar-refractivity contribution in [2.45, 2.75) is 123 Å². The molecule has 4 saturated heterocycles. The molecule has 0 bridgehead atoms. The fraction of sp³-hybridized carbons (Fsp3) is 1.00. The maximum absolute atomic E-state index is 10.9. The summed E-state index contributed by atoms with van der Waals surface area (Å²) in [4.78, 5) is 0. The molecule has 4 rings (SSSR count). The van der Waals surface area contributed by atoms with E-state index in [0.29, 0.717) is 0 Å². The van der Waals surface area contributed by atoms with Gasteiger partial charge in [0.25, 0.3) is 0 Å². The molecular weight excluding hydrogens is 624 g/mol. The van der Waals surface area contributed by atoms with Gasteiger partial charge < -0.3 is 105 Å². The molecule has 45 heavy (non-hydrogen) atoms. The van der Waals surface area contributed by atoms with Crippen molar-refractivity contribution in [3.8, 4) is 0 Å². The van der Waals surface area contributed by atoms with Crippen LogP contribution in [0.2, 0.25) is 0 Å². The highest BCUT2D eigenvalue weighted by atomic mass is 16.8. The zero-order chi connectivity index (χ0) is 33.3. The molecule has 0 saturated carbocycles. The number of ether oxygens (including phenoxy) is 7. The third kappa shape index (κ3) is 7.59. The summed E-state index contributed by atoms with van der Waals surface area (Å²) >= 11 is 0. The first-order valence-electron chi connectivity index (χ1n) is 14.1. The molecule has 14 N–H and O–H groups in total. The van der Waals surface area contributed by atoms with E-state index in [9.17, 15) is 71.5 Å². The fourth-order valence-electron chi connectivity index (χ4n) is 5.44. The molecule has 0 radical (unpaired) electrons. The second-order valence-corrected chi connectivity index (χ2v) is 11.2. The highest BCUT2D eigenvalue weighted by Crippen LogP contribution is 2.32. The minimum atomic E-state index is -2.00. The molecule has 20 atom stereocenters. The molecule has 0 unspecified atom stereocenters. The quantitative estimate of drug-likeness (QED) is 0.103. The van der Waals surface area contributed by atoms with E-state index in [4.69, 9.17) is 33.2 Å². The second kappa shape index (κ2) is 15.6. The molecule has 0 aromatic rings. The van der Waals surface area contributed by atoms with Gasteiger partial charge in [0, 0.05) is 0 Å². The molecule has 0 amide bonds. The summed E-state index contributed by atoms with van der Waals surface area (Å²) < 4.78 is 37.5. The number of aliphatic hydroxyl groups is 14. The van der Waals surface area contributed by atoms with E-state index in [2.05, 4.69) is 0 Å². The van der Waals surface area contributed by atoms with Crippen molar-refractivity contribution in [2.24, 2.45) is 0 Å². The van der Waals surface area contributed by atoms with Gasteiger partial charge in [-0.1, -0.05) is 0 Å². The average molecular weight is 667 g/mol. The highest BCUT2D eigenvalue weighted by molar-refractivity contribution is 4.96. The second-order valence-electron chi connectivity index (χ2n) is 11.2. The van der Waals surface area contributed by atoms with E-state index in [-0.39, 0.29) is 0 Å². The van der Waals surface area contributed by atoms with Crippen molar-refractivity contribution < 1.29 is 105 Å². The predicted octanol–water partition coefficient (Wildman–Crippen LogP) is -9.75. The molecule has 0 aliphatic carbocycles. The van der Waals surface area contributed by atoms with Crippen LogP contribution in [0.4, 0.5) is 0 Å². The number of aliphatic hydroxyl groups excluding tert-OH is 14. The van der Waals surface area contributed by atoms with E-state index < -0.39 is 149 Å². The monoisotopic (exact) mass is 666 g/mol. The van der Waals surface area contributed by atoms with Crippen LogP contribution in [0.25, 0.3) is 0 Å². The van der Waals surface area contributed by atoms with Crippen LogP contribution in [0.3, 0.4) is 0 Å². The van der Waals surface area contributed by atoms with Crippen LogP contribution in [0, 0.1) is 0 Å². The summed E-state index contributed by atoms with van der Waals surface area (Å²) in [7, 11) is 0. The van der Waals surface area contributed by atoms with Gasteiger partial charge in [0.05, 0.1) is 26.4 Å². The Balaban J connectivity index is 1.41. The topological polar surface area (TPSA) is 348 Å². The van der Waals surface area contributed by atoms with Gasteiger partial charge in [0.1, 0.15) is 97.7 Å². The van der Waals surface area contributed by atoms with Gasteiger partial charge in [-0.15, -0.1) is 0 Å². The van der Waals surface area contributed by atoms with E-state index >= 15 is 0 Å². The van der Waals surface area contributed by atoms with E-state index in [1.807, 2.05) is 0 Å². The summed E-state index contributed by atoms with van der Waals surface area (Å²) in [6.45, 7) is -3.14. The van der Waals surface area contributed by atoms with Gasteiger partial charge in [0.2, 0.25) is 0 Å². The Morgan fingerprint density at radius 1 is 0.378 bits per heavy atom. The molecular formula is C24H42O21. The first-order valence-corrected chi connectivity index (χ1v) is 14.1. The van der Waals surface area contributed by atoms with Gasteiger partial charge in [-0.3, -0.25) is 0 Å². The maximum Gasteiger partial charge on any atom is 0.187 e. The number of hydrogen-bond acceptors (Lipinski definition) is 21. The van der Waals surface area contributed by atoms with Crippen molar-refractivity contribution in [1.82, 2.24) is 0 Å². The van der Waals surface area contributed by atoms with Gasteiger partial charge in [-0.25, -0.2) is 0 Å². The maximum atomic E-state index is 10.9. The van der Waals surface area contributed by atoms with Gasteiger partial charge in [0.15, 0.2) is 25.2 Å². The average Bonchev–Trinajstić information content (AvgIpc) is 3.03. The molecule has 4 aliphatic rings. The Morgan fingerprint density at radius 3 is 1.31 bits per heavy atom. The Hall–Kier alpha value is -0.840. The molecule has 0 spiro atoms. The number of hydrogen-bond donors (Lipinski definition) is 14. The third-order valence-electron chi connectivity index (χ3n) is 8.18. The first-order chi connectivity index (χ1) is 21.2. The molecule has 0 aromatic carbocycles. The summed E-state index contributed by atoms with van der Waals surface area (Å²) in [6.07, 6.45) is -35.0. The fourth-order valence-corrected chi connectivity index (χ4v) is 5.44. The van der Waals surface area contributed by atoms with Crippen LogP contribution >= 0.6 is 0 Å². The standard InChI is InChI=1S/C24H42O21/c25-1-5-9(28)11(30)16(35)22(41-5)39-4-8-10(29)12(31)17(36)23(43-8)45-20-7(3-27)42-24(18(37)14(20)33)44-19-6(2-26)40-21(38)15(34)13(19)32/h5-38H,1-4H2/t5-,6-,7-,8-,9-,10-,11+,12+,13-,14-,15-,16-,17-,18-,19-,20-,21+,22+,23-,24-/m1/s1. The van der Waals surface area contributed by atoms with Crippen molar-refractivity contribution in [3.63, 3.8) is 0 Å². The normalized spacial score (nSPS) is 52.9. The smallest absolute Gasteiger partial charge is 0.187 e. The molecule has 4 fully saturated rings. The molecule has 4 heterocycles. The van der Waals surface area contributed by atoms with E-state index in [1.165, 1.54) is 0 Å². The van der Waals surface area contributed by atoms with E-state index in [1.54, 1.807) is 0 Å². The Labute approximate surface area is 254 Å². The summed E-state index contributed by atoms with van der Waals surface area (Å²) in [5.41, 5.74) is 0.